The van der Waals surface area contributed by atoms with E-state index in [1.165, 1.54) is 17.0 Å². The van der Waals surface area contributed by atoms with Crippen LogP contribution in [-0.2, 0) is 4.79 Å². The van der Waals surface area contributed by atoms with Gasteiger partial charge in [0.2, 0.25) is 5.91 Å². The van der Waals surface area contributed by atoms with Gasteiger partial charge < -0.3 is 15.1 Å². The number of nitrogens with zero attached hydrogens (tertiary/aromatic N) is 1. The molecule has 1 aliphatic rings. The number of amides is 1. The predicted molar refractivity (Wildman–Crippen MR) is 59.5 cm³/mol. The Balaban J connectivity index is 2.37. The van der Waals surface area contributed by atoms with Gasteiger partial charge in [0.15, 0.2) is 0 Å². The van der Waals surface area contributed by atoms with E-state index in [0.29, 0.717) is 5.56 Å². The maximum Gasteiger partial charge on any atom is 0.335 e. The molecular weight excluding hydrogens is 222 g/mol. The number of aliphatic hydroxyl groups excluding tert-OH is 1. The molecule has 0 aliphatic carbocycles. The Morgan fingerprint density at radius 2 is 2.18 bits per heavy atom. The molecule has 2 rings (SSSR count). The van der Waals surface area contributed by atoms with Crippen LogP contribution in [0.25, 0.3) is 0 Å². The number of aromatic carboxylic acids is 1. The smallest absolute Gasteiger partial charge is 0.335 e. The molecule has 17 heavy (non-hydrogen) atoms. The predicted octanol–water partition coefficient (Wildman–Crippen LogP) is 0.649. The maximum absolute atomic E-state index is 11.4. The fourth-order valence-corrected chi connectivity index (χ4v) is 2.15. The number of carbonyl (C=O) groups is 2. The van der Waals surface area contributed by atoms with Gasteiger partial charge in [0, 0.05) is 7.05 Å². The van der Waals surface area contributed by atoms with Gasteiger partial charge in [-0.2, -0.15) is 0 Å². The summed E-state index contributed by atoms with van der Waals surface area (Å²) >= 11 is 0. The van der Waals surface area contributed by atoms with E-state index >= 15 is 0 Å². The number of carboxylic acids is 1. The number of hydrogen-bond acceptors (Lipinski definition) is 3. The number of likely N-dealkylation sites (N-methyl/N-ethyl adjacent to an activating group) is 1. The van der Waals surface area contributed by atoms with E-state index in [1.807, 2.05) is 0 Å². The van der Waals surface area contributed by atoms with Crippen LogP contribution >= 0.6 is 0 Å². The van der Waals surface area contributed by atoms with Crippen molar-refractivity contribution in [3.05, 3.63) is 35.4 Å². The van der Waals surface area contributed by atoms with Crippen molar-refractivity contribution >= 4 is 11.9 Å². The Bertz CT molecular complexity index is 471. The van der Waals surface area contributed by atoms with Crippen molar-refractivity contribution in [2.24, 2.45) is 0 Å². The first-order valence-electron chi connectivity index (χ1n) is 5.27. The number of carboxylic acid groups (broad SMARTS) is 1. The van der Waals surface area contributed by atoms with Gasteiger partial charge in [0.25, 0.3) is 0 Å². The molecule has 0 bridgehead atoms. The van der Waals surface area contributed by atoms with Crippen LogP contribution in [0.4, 0.5) is 0 Å². The summed E-state index contributed by atoms with van der Waals surface area (Å²) in [5.41, 5.74) is 0.799. The van der Waals surface area contributed by atoms with Crippen LogP contribution in [0.15, 0.2) is 24.3 Å². The largest absolute Gasteiger partial charge is 0.478 e. The molecule has 1 fully saturated rings. The van der Waals surface area contributed by atoms with E-state index < -0.39 is 18.1 Å². The number of aliphatic hydroxyl groups is 1. The zero-order chi connectivity index (χ0) is 12.6. The topological polar surface area (TPSA) is 77.8 Å². The zero-order valence-corrected chi connectivity index (χ0v) is 9.33. The minimum absolute atomic E-state index is 0.0818. The second-order valence-electron chi connectivity index (χ2n) is 4.15. The molecule has 5 nitrogen and oxygen atoms in total. The van der Waals surface area contributed by atoms with E-state index in [1.54, 1.807) is 19.2 Å². The van der Waals surface area contributed by atoms with E-state index in [4.69, 9.17) is 5.11 Å². The molecule has 1 heterocycles. The van der Waals surface area contributed by atoms with Gasteiger partial charge in [-0.15, -0.1) is 0 Å². The van der Waals surface area contributed by atoms with Crippen LogP contribution in [0, 0.1) is 0 Å². The van der Waals surface area contributed by atoms with Crippen molar-refractivity contribution in [3.63, 3.8) is 0 Å². The molecule has 90 valence electrons. The first kappa shape index (κ1) is 11.6. The summed E-state index contributed by atoms with van der Waals surface area (Å²) in [6.45, 7) is 0. The standard InChI is InChI=1S/C12H13NO4/c1-13-10(15)6-9(14)11(13)7-3-2-4-8(5-7)12(16)17/h2-5,9,11,14H,6H2,1H3,(H,16,17). The Hall–Kier alpha value is -1.88. The van der Waals surface area contributed by atoms with Crippen LogP contribution in [0.5, 0.6) is 0 Å². The average Bonchev–Trinajstić information content (AvgIpc) is 2.53. The van der Waals surface area contributed by atoms with E-state index in [2.05, 4.69) is 0 Å². The maximum atomic E-state index is 11.4. The van der Waals surface area contributed by atoms with Gasteiger partial charge in [-0.1, -0.05) is 12.1 Å². The molecule has 0 saturated carbocycles. The summed E-state index contributed by atoms with van der Waals surface area (Å²) in [6, 6.07) is 5.85. The fourth-order valence-electron chi connectivity index (χ4n) is 2.15. The van der Waals surface area contributed by atoms with Crippen molar-refractivity contribution in [3.8, 4) is 0 Å². The lowest BCUT2D eigenvalue weighted by Gasteiger charge is -2.22. The molecular formula is C12H13NO4. The third kappa shape index (κ3) is 2.01. The SMILES string of the molecule is CN1C(=O)CC(O)C1c1cccc(C(=O)O)c1. The number of rotatable bonds is 2. The average molecular weight is 235 g/mol. The van der Waals surface area contributed by atoms with Gasteiger partial charge in [0.05, 0.1) is 24.1 Å². The van der Waals surface area contributed by atoms with E-state index in [0.717, 1.165) is 0 Å². The molecule has 0 aromatic heterocycles. The van der Waals surface area contributed by atoms with Gasteiger partial charge in [0.1, 0.15) is 0 Å². The molecule has 1 aromatic carbocycles. The molecule has 1 aromatic rings. The minimum atomic E-state index is -1.02. The quantitative estimate of drug-likeness (QED) is 0.789. The molecule has 5 heteroatoms. The number of benzene rings is 1. The highest BCUT2D eigenvalue weighted by Crippen LogP contribution is 2.31. The van der Waals surface area contributed by atoms with Gasteiger partial charge in [-0.3, -0.25) is 4.79 Å². The van der Waals surface area contributed by atoms with Gasteiger partial charge in [-0.05, 0) is 17.7 Å². The molecule has 2 atom stereocenters. The zero-order valence-electron chi connectivity index (χ0n) is 9.33. The first-order chi connectivity index (χ1) is 8.00. The van der Waals surface area contributed by atoms with Crippen molar-refractivity contribution < 1.29 is 19.8 Å². The third-order valence-corrected chi connectivity index (χ3v) is 3.03. The molecule has 1 amide bonds. The highest BCUT2D eigenvalue weighted by molar-refractivity contribution is 5.88. The van der Waals surface area contributed by atoms with Crippen LogP contribution in [0.1, 0.15) is 28.4 Å². The van der Waals surface area contributed by atoms with E-state index in [9.17, 15) is 14.7 Å². The number of likely N-dealkylation sites (tertiary alicyclic amines) is 1. The Morgan fingerprint density at radius 1 is 1.47 bits per heavy atom. The molecule has 1 saturated heterocycles. The molecule has 1 aliphatic heterocycles. The lowest BCUT2D eigenvalue weighted by atomic mass is 10.0. The van der Waals surface area contributed by atoms with Crippen molar-refractivity contribution in [1.29, 1.82) is 0 Å². The van der Waals surface area contributed by atoms with Crippen LogP contribution in [-0.4, -0.2) is 40.1 Å². The summed E-state index contributed by atoms with van der Waals surface area (Å²) in [5, 5.41) is 18.7. The number of hydrogen-bond donors (Lipinski definition) is 2. The monoisotopic (exact) mass is 235 g/mol. The Labute approximate surface area is 98.3 Å². The van der Waals surface area contributed by atoms with Crippen LogP contribution in [0.3, 0.4) is 0 Å². The summed E-state index contributed by atoms with van der Waals surface area (Å²) in [6.07, 6.45) is -0.699. The molecule has 2 unspecified atom stereocenters. The summed E-state index contributed by atoms with van der Waals surface area (Å²) in [7, 11) is 1.61. The minimum Gasteiger partial charge on any atom is -0.478 e. The summed E-state index contributed by atoms with van der Waals surface area (Å²) < 4.78 is 0. The third-order valence-electron chi connectivity index (χ3n) is 3.03. The van der Waals surface area contributed by atoms with Gasteiger partial charge in [-0.25, -0.2) is 4.79 Å². The lowest BCUT2D eigenvalue weighted by Crippen LogP contribution is -2.26. The van der Waals surface area contributed by atoms with Crippen molar-refractivity contribution in [1.82, 2.24) is 4.90 Å². The molecule has 2 N–H and O–H groups in total. The van der Waals surface area contributed by atoms with Crippen LogP contribution in [0.2, 0.25) is 0 Å². The highest BCUT2D eigenvalue weighted by atomic mass is 16.4. The molecule has 0 spiro atoms. The van der Waals surface area contributed by atoms with Gasteiger partial charge >= 0.3 is 5.97 Å². The second kappa shape index (κ2) is 4.18. The lowest BCUT2D eigenvalue weighted by molar-refractivity contribution is -0.127. The van der Waals surface area contributed by atoms with Crippen molar-refractivity contribution in [2.75, 3.05) is 7.05 Å². The Kier molecular flexibility index (Phi) is 2.85. The highest BCUT2D eigenvalue weighted by Gasteiger charge is 2.37. The normalized spacial score (nSPS) is 24.1. The van der Waals surface area contributed by atoms with E-state index in [-0.39, 0.29) is 17.9 Å². The summed E-state index contributed by atoms with van der Waals surface area (Å²) in [4.78, 5) is 23.7. The summed E-state index contributed by atoms with van der Waals surface area (Å²) in [5.74, 6) is -1.16. The second-order valence-corrected chi connectivity index (χ2v) is 4.15. The number of carbonyl (C=O) groups excluding carboxylic acids is 1. The molecule has 0 radical (unpaired) electrons. The Morgan fingerprint density at radius 3 is 2.71 bits per heavy atom. The fraction of sp³-hybridized carbons (Fsp3) is 0.333. The first-order valence-corrected chi connectivity index (χ1v) is 5.27. The van der Waals surface area contributed by atoms with Crippen LogP contribution < -0.4 is 0 Å². The van der Waals surface area contributed by atoms with Crippen molar-refractivity contribution in [2.45, 2.75) is 18.6 Å².